The number of rotatable bonds is 6. The van der Waals surface area contributed by atoms with Gasteiger partial charge in [-0.2, -0.15) is 17.2 Å². The summed E-state index contributed by atoms with van der Waals surface area (Å²) in [7, 11) is 2.12. The molecular weight excluding hydrogens is 804 g/mol. The maximum absolute atomic E-state index is 10.8. The normalized spacial score (nSPS) is 11.2. The van der Waals surface area contributed by atoms with Crippen molar-refractivity contribution >= 4 is 85.1 Å². The summed E-state index contributed by atoms with van der Waals surface area (Å²) in [5, 5.41) is 4.46. The van der Waals surface area contributed by atoms with Crippen LogP contribution in [-0.4, -0.2) is 58.4 Å². The predicted molar refractivity (Wildman–Crippen MR) is 205 cm³/mol. The van der Waals surface area contributed by atoms with Crippen LogP contribution in [0.2, 0.25) is 0 Å². The van der Waals surface area contributed by atoms with E-state index >= 15 is 0 Å². The Balaban J connectivity index is 0.000000484. The van der Waals surface area contributed by atoms with Gasteiger partial charge in [0.1, 0.15) is 12.4 Å². The fourth-order valence-electron chi connectivity index (χ4n) is 5.84. The van der Waals surface area contributed by atoms with Crippen molar-refractivity contribution < 1.29 is 70.5 Å². The van der Waals surface area contributed by atoms with Crippen molar-refractivity contribution in [1.29, 1.82) is 0 Å². The van der Waals surface area contributed by atoms with Crippen molar-refractivity contribution in [3.63, 3.8) is 0 Å². The number of nitrogens with one attached hydrogen (secondary N) is 4. The van der Waals surface area contributed by atoms with Gasteiger partial charge in [-0.25, -0.2) is 22.0 Å². The molecule has 4 N–H and O–H groups in total. The van der Waals surface area contributed by atoms with Gasteiger partial charge in [-0.05, 0) is 57.1 Å². The average molecular weight is 833 g/mol. The number of benzene rings is 5. The summed E-state index contributed by atoms with van der Waals surface area (Å²) < 4.78 is 14.0. The number of aromatic nitrogens is 4. The number of H-pyrrole nitrogens is 2. The molecule has 0 fully saturated rings. The van der Waals surface area contributed by atoms with Crippen LogP contribution in [0.3, 0.4) is 0 Å². The first kappa shape index (κ1) is 41.8. The molecule has 0 saturated carbocycles. The Morgan fingerprint density at radius 3 is 2.00 bits per heavy atom. The number of carbonyl (C=O) groups is 2. The van der Waals surface area contributed by atoms with Gasteiger partial charge in [0, 0.05) is 22.1 Å². The van der Waals surface area contributed by atoms with Crippen molar-refractivity contribution in [2.45, 2.75) is 6.61 Å². The third-order valence-corrected chi connectivity index (χ3v) is 9.33. The van der Waals surface area contributed by atoms with Crippen LogP contribution < -0.4 is 15.9 Å². The standard InChI is InChI=1S/C33H20N4O3P2.2C2H5NO2.2V/c38-16-41-32-34-14-30(37-32)22-4-6-23-20(12-22)2-8-25-26-9-3-21-11-18(1-7-24(21)31(26)40-15-27(23)25)19-5-10-28-29(13-19)36-33(35-28)42-17-39;2*1-5-2(3)4;;/h1-14,41-42H,15H2,(H,34,37)(H,35,36);2*1H3,(H2,3,4);;/q-2;;;2*+2/p-2. The maximum atomic E-state index is 10.8. The van der Waals surface area contributed by atoms with Crippen molar-refractivity contribution in [2.75, 3.05) is 14.2 Å². The maximum Gasteiger partial charge on any atom is 2.00 e. The first-order chi connectivity index (χ1) is 25.2. The van der Waals surface area contributed by atoms with E-state index in [-0.39, 0.29) is 54.3 Å². The number of ether oxygens (including phenoxy) is 3. The van der Waals surface area contributed by atoms with Crippen molar-refractivity contribution in [3.05, 3.63) is 102 Å². The zero-order chi connectivity index (χ0) is 36.8. The molecule has 3 heterocycles. The molecule has 13 nitrogen and oxygen atoms in total. The van der Waals surface area contributed by atoms with Crippen molar-refractivity contribution in [2.24, 2.45) is 0 Å². The Labute approximate surface area is 336 Å². The zero-order valence-corrected chi connectivity index (χ0v) is 33.2. The quantitative estimate of drug-likeness (QED) is 0.124. The van der Waals surface area contributed by atoms with E-state index in [1.165, 1.54) is 11.1 Å². The molecule has 0 saturated heterocycles. The summed E-state index contributed by atoms with van der Waals surface area (Å²) in [5.41, 5.74) is 22.5. The Morgan fingerprint density at radius 1 is 0.741 bits per heavy atom. The Kier molecular flexibility index (Phi) is 14.6. The third-order valence-electron chi connectivity index (χ3n) is 8.16. The second kappa shape index (κ2) is 18.9. The van der Waals surface area contributed by atoms with E-state index in [1.54, 1.807) is 6.20 Å². The number of carbonyl (C=O) groups excluding carboxylic acids is 4. The zero-order valence-electron chi connectivity index (χ0n) is 28.4. The van der Waals surface area contributed by atoms with Crippen LogP contribution in [0.5, 0.6) is 5.75 Å². The number of amides is 2. The van der Waals surface area contributed by atoms with Crippen LogP contribution in [-0.2, 0) is 62.8 Å². The molecule has 2 unspecified atom stereocenters. The topological polar surface area (TPSA) is 201 Å². The van der Waals surface area contributed by atoms with E-state index in [0.29, 0.717) is 17.7 Å². The van der Waals surface area contributed by atoms with Crippen molar-refractivity contribution in [1.82, 2.24) is 19.9 Å². The largest absolute Gasteiger partial charge is 2.00 e. The minimum absolute atomic E-state index is 0. The Bertz CT molecular complexity index is 2480. The van der Waals surface area contributed by atoms with Gasteiger partial charge in [0.15, 0.2) is 0 Å². The van der Waals surface area contributed by atoms with Gasteiger partial charge < -0.3 is 45.2 Å². The number of hydrogen-bond acceptors (Lipinski definition) is 9. The molecule has 17 heteroatoms. The molecule has 2 radical (unpaired) electrons. The molecule has 8 rings (SSSR count). The van der Waals surface area contributed by atoms with E-state index < -0.39 is 12.2 Å². The predicted octanol–water partition coefficient (Wildman–Crippen LogP) is 7.83. The minimum Gasteiger partial charge on any atom is -0.632 e. The van der Waals surface area contributed by atoms with E-state index in [2.05, 4.69) is 102 Å². The number of methoxy groups -OCH3 is 2. The fourth-order valence-corrected chi connectivity index (χ4v) is 6.73. The number of nitrogens with zero attached hydrogens (tertiary/aromatic N) is 2. The fraction of sp³-hybridized carbons (Fsp3) is 0.0811. The molecule has 54 heavy (non-hydrogen) atoms. The average Bonchev–Trinajstić information content (AvgIpc) is 3.81. The molecule has 1 aliphatic heterocycles. The molecule has 2 aromatic heterocycles. The summed E-state index contributed by atoms with van der Waals surface area (Å²) in [6, 6.07) is 31.4. The number of aromatic amines is 2. The molecule has 2 amide bonds. The number of hydrogen-bond donors (Lipinski definition) is 2. The van der Waals surface area contributed by atoms with Gasteiger partial charge in [-0.1, -0.05) is 54.6 Å². The first-order valence-corrected chi connectivity index (χ1v) is 17.4. The molecule has 0 aliphatic carbocycles. The molecule has 0 bridgehead atoms. The Morgan fingerprint density at radius 2 is 1.31 bits per heavy atom. The summed E-state index contributed by atoms with van der Waals surface area (Å²) in [5.74, 6) is 0.903. The second-order valence-corrected chi connectivity index (χ2v) is 12.9. The van der Waals surface area contributed by atoms with E-state index in [1.807, 2.05) is 18.1 Å². The van der Waals surface area contributed by atoms with E-state index in [9.17, 15) is 19.2 Å². The van der Waals surface area contributed by atoms with Gasteiger partial charge in [0.25, 0.3) is 0 Å². The van der Waals surface area contributed by atoms with Crippen LogP contribution >= 0.6 is 17.2 Å². The molecule has 5 aromatic carbocycles. The molecule has 268 valence electrons. The molecule has 0 spiro atoms. The molecule has 2 atom stereocenters. The van der Waals surface area contributed by atoms with E-state index in [0.717, 1.165) is 80.5 Å². The van der Waals surface area contributed by atoms with Gasteiger partial charge in [-0.3, -0.25) is 9.59 Å². The number of imidazole rings is 2. The number of fused-ring (bicyclic) bond motifs is 8. The summed E-state index contributed by atoms with van der Waals surface area (Å²) in [6.07, 6.45) is -0.231. The van der Waals surface area contributed by atoms with Crippen LogP contribution in [0.1, 0.15) is 5.56 Å². The first-order valence-electron chi connectivity index (χ1n) is 15.4. The Hall–Kier alpha value is -4.99. The summed E-state index contributed by atoms with van der Waals surface area (Å²) in [4.78, 5) is 55.2. The summed E-state index contributed by atoms with van der Waals surface area (Å²) in [6.45, 7) is 0.488. The minimum atomic E-state index is -0.995. The van der Waals surface area contributed by atoms with Crippen LogP contribution in [0, 0.1) is 0 Å². The van der Waals surface area contributed by atoms with Crippen molar-refractivity contribution in [3.8, 4) is 39.3 Å². The second-order valence-electron chi connectivity index (χ2n) is 11.1. The smallest absolute Gasteiger partial charge is 0.632 e. The molecule has 1 aliphatic rings. The summed E-state index contributed by atoms with van der Waals surface area (Å²) >= 11 is 0. The van der Waals surface area contributed by atoms with Gasteiger partial charge >= 0.3 is 37.1 Å². The van der Waals surface area contributed by atoms with Crippen LogP contribution in [0.25, 0.3) is 77.6 Å². The van der Waals surface area contributed by atoms with Gasteiger partial charge in [0.05, 0.1) is 48.3 Å². The molecular formula is C37H28N6O7P2V2. The monoisotopic (exact) mass is 832 g/mol. The SMILES string of the molecule is COC([NH-])=O.COC([NH-])=O.O=[C-]Pc1ncc(-c2ccc3c4c(ccc3c2)-c2ccc3cc(-c5ccc6nc(P[C-]=O)[nH]c6c5)ccc3c2OC4)[nH]1.[V+2].[V+2]. The van der Waals surface area contributed by atoms with Gasteiger partial charge in [0.2, 0.25) is 12.2 Å². The van der Waals surface area contributed by atoms with Gasteiger partial charge in [-0.15, -0.1) is 0 Å². The van der Waals surface area contributed by atoms with Crippen LogP contribution in [0.4, 0.5) is 9.59 Å². The van der Waals surface area contributed by atoms with E-state index in [4.69, 9.17) is 16.2 Å². The van der Waals surface area contributed by atoms with Crippen LogP contribution in [0.15, 0.2) is 85.1 Å². The molecule has 7 aromatic rings. The third kappa shape index (κ3) is 9.20.